The molecule has 0 amide bonds. The van der Waals surface area contributed by atoms with Gasteiger partial charge in [-0.3, -0.25) is 4.67 Å². The fourth-order valence-corrected chi connectivity index (χ4v) is 5.91. The SMILES string of the molecule is CC(C)(C)P(c1ccccc1)N1CCC[C@H]1CO. The van der Waals surface area contributed by atoms with Crippen molar-refractivity contribution in [2.45, 2.75) is 44.8 Å². The second-order valence-corrected chi connectivity index (χ2v) is 8.96. The van der Waals surface area contributed by atoms with E-state index in [1.807, 2.05) is 0 Å². The van der Waals surface area contributed by atoms with Crippen LogP contribution in [0.2, 0.25) is 0 Å². The number of nitrogens with zero attached hydrogens (tertiary/aromatic N) is 1. The van der Waals surface area contributed by atoms with E-state index in [1.165, 1.54) is 11.7 Å². The lowest BCUT2D eigenvalue weighted by molar-refractivity contribution is 0.217. The summed E-state index contributed by atoms with van der Waals surface area (Å²) in [5.74, 6) is 0. The van der Waals surface area contributed by atoms with Gasteiger partial charge in [0.25, 0.3) is 0 Å². The van der Waals surface area contributed by atoms with Gasteiger partial charge in [0.2, 0.25) is 0 Å². The van der Waals surface area contributed by atoms with E-state index in [2.05, 4.69) is 55.8 Å². The average molecular weight is 265 g/mol. The van der Waals surface area contributed by atoms with Gasteiger partial charge in [0.1, 0.15) is 0 Å². The summed E-state index contributed by atoms with van der Waals surface area (Å²) in [7, 11) is -0.370. The maximum Gasteiger partial charge on any atom is 0.0590 e. The molecule has 1 heterocycles. The molecule has 0 radical (unpaired) electrons. The van der Waals surface area contributed by atoms with Gasteiger partial charge in [-0.05, 0) is 23.3 Å². The summed E-state index contributed by atoms with van der Waals surface area (Å²) < 4.78 is 2.56. The molecule has 2 nitrogen and oxygen atoms in total. The molecule has 1 aliphatic rings. The number of hydrogen-bond donors (Lipinski definition) is 1. The smallest absolute Gasteiger partial charge is 0.0590 e. The third-order valence-electron chi connectivity index (χ3n) is 3.45. The minimum Gasteiger partial charge on any atom is -0.395 e. The molecule has 1 unspecified atom stereocenters. The van der Waals surface area contributed by atoms with Crippen molar-refractivity contribution in [3.05, 3.63) is 30.3 Å². The van der Waals surface area contributed by atoms with E-state index >= 15 is 0 Å². The van der Waals surface area contributed by atoms with Crippen molar-refractivity contribution < 1.29 is 5.11 Å². The third kappa shape index (κ3) is 2.93. The van der Waals surface area contributed by atoms with Crippen molar-refractivity contribution in [3.63, 3.8) is 0 Å². The van der Waals surface area contributed by atoms with Gasteiger partial charge in [0.15, 0.2) is 0 Å². The average Bonchev–Trinajstić information content (AvgIpc) is 2.77. The van der Waals surface area contributed by atoms with Gasteiger partial charge in [-0.25, -0.2) is 0 Å². The van der Waals surface area contributed by atoms with E-state index in [4.69, 9.17) is 0 Å². The standard InChI is InChI=1S/C15H24NOP/c1-15(2,3)18(14-9-5-4-6-10-14)16-11-7-8-13(16)12-17/h4-6,9-10,13,17H,7-8,11-12H2,1-3H3/t13-,18?/m0/s1. The molecule has 0 spiro atoms. The van der Waals surface area contributed by atoms with E-state index in [1.54, 1.807) is 0 Å². The minimum atomic E-state index is -0.370. The monoisotopic (exact) mass is 265 g/mol. The molecule has 1 aliphatic heterocycles. The van der Waals surface area contributed by atoms with Gasteiger partial charge >= 0.3 is 0 Å². The number of aliphatic hydroxyl groups excluding tert-OH is 1. The van der Waals surface area contributed by atoms with Crippen LogP contribution in [-0.2, 0) is 0 Å². The number of aliphatic hydroxyl groups is 1. The van der Waals surface area contributed by atoms with Crippen LogP contribution < -0.4 is 5.30 Å². The van der Waals surface area contributed by atoms with Crippen LogP contribution in [0.15, 0.2) is 30.3 Å². The molecule has 3 heteroatoms. The Kier molecular flexibility index (Phi) is 4.42. The summed E-state index contributed by atoms with van der Waals surface area (Å²) in [5.41, 5.74) is 0. The number of benzene rings is 1. The van der Waals surface area contributed by atoms with Crippen molar-refractivity contribution in [3.8, 4) is 0 Å². The van der Waals surface area contributed by atoms with E-state index in [-0.39, 0.29) is 13.2 Å². The lowest BCUT2D eigenvalue weighted by Gasteiger charge is -2.41. The molecule has 0 aromatic heterocycles. The first-order valence-corrected chi connectivity index (χ1v) is 8.06. The summed E-state index contributed by atoms with van der Waals surface area (Å²) in [5, 5.41) is 11.2. The normalized spacial score (nSPS) is 23.2. The second-order valence-electron chi connectivity index (χ2n) is 5.96. The Morgan fingerprint density at radius 2 is 1.94 bits per heavy atom. The Balaban J connectivity index is 2.32. The molecule has 1 saturated heterocycles. The molecule has 0 saturated carbocycles. The first-order chi connectivity index (χ1) is 8.54. The highest BCUT2D eigenvalue weighted by Crippen LogP contribution is 2.54. The molecule has 18 heavy (non-hydrogen) atoms. The number of hydrogen-bond acceptors (Lipinski definition) is 2. The second kappa shape index (κ2) is 5.69. The van der Waals surface area contributed by atoms with Crippen molar-refractivity contribution in [2.24, 2.45) is 0 Å². The van der Waals surface area contributed by atoms with Crippen molar-refractivity contribution in [1.29, 1.82) is 0 Å². The van der Waals surface area contributed by atoms with E-state index in [9.17, 15) is 5.11 Å². The highest BCUT2D eigenvalue weighted by molar-refractivity contribution is 7.64. The topological polar surface area (TPSA) is 23.5 Å². The summed E-state index contributed by atoms with van der Waals surface area (Å²) in [6, 6.07) is 11.2. The molecule has 1 N–H and O–H groups in total. The van der Waals surface area contributed by atoms with Crippen LogP contribution >= 0.6 is 8.07 Å². The Labute approximate surface area is 112 Å². The summed E-state index contributed by atoms with van der Waals surface area (Å²) >= 11 is 0. The summed E-state index contributed by atoms with van der Waals surface area (Å²) in [6.07, 6.45) is 2.35. The molecular weight excluding hydrogens is 241 g/mol. The van der Waals surface area contributed by atoms with E-state index in [0.29, 0.717) is 12.6 Å². The molecule has 2 rings (SSSR count). The molecule has 2 atom stereocenters. The maximum atomic E-state index is 9.57. The summed E-state index contributed by atoms with van der Waals surface area (Å²) in [4.78, 5) is 0. The zero-order valence-electron chi connectivity index (χ0n) is 11.6. The van der Waals surface area contributed by atoms with Crippen LogP contribution in [0.5, 0.6) is 0 Å². The molecule has 1 aromatic rings. The van der Waals surface area contributed by atoms with Crippen LogP contribution in [-0.4, -0.2) is 34.1 Å². The third-order valence-corrected chi connectivity index (χ3v) is 6.55. The quantitative estimate of drug-likeness (QED) is 0.849. The Morgan fingerprint density at radius 3 is 2.50 bits per heavy atom. The Bertz CT molecular complexity index is 374. The van der Waals surface area contributed by atoms with Crippen molar-refractivity contribution in [2.75, 3.05) is 13.2 Å². The fraction of sp³-hybridized carbons (Fsp3) is 0.600. The van der Waals surface area contributed by atoms with Gasteiger partial charge < -0.3 is 5.11 Å². The van der Waals surface area contributed by atoms with Crippen molar-refractivity contribution in [1.82, 2.24) is 4.67 Å². The highest BCUT2D eigenvalue weighted by Gasteiger charge is 2.37. The number of rotatable bonds is 3. The van der Waals surface area contributed by atoms with Gasteiger partial charge in [0, 0.05) is 20.7 Å². The van der Waals surface area contributed by atoms with E-state index < -0.39 is 0 Å². The van der Waals surface area contributed by atoms with Crippen LogP contribution in [0, 0.1) is 0 Å². The predicted molar refractivity (Wildman–Crippen MR) is 79.6 cm³/mol. The maximum absolute atomic E-state index is 9.57. The molecule has 0 aliphatic carbocycles. The molecule has 100 valence electrons. The van der Waals surface area contributed by atoms with Gasteiger partial charge in [0.05, 0.1) is 6.61 Å². The first kappa shape index (κ1) is 14.0. The van der Waals surface area contributed by atoms with Crippen LogP contribution in [0.3, 0.4) is 0 Å². The van der Waals surface area contributed by atoms with Gasteiger partial charge in [-0.15, -0.1) is 0 Å². The lowest BCUT2D eigenvalue weighted by Crippen LogP contribution is -2.37. The van der Waals surface area contributed by atoms with Crippen molar-refractivity contribution >= 4 is 13.4 Å². The molecular formula is C15H24NOP. The zero-order valence-corrected chi connectivity index (χ0v) is 12.5. The van der Waals surface area contributed by atoms with Gasteiger partial charge in [-0.1, -0.05) is 51.1 Å². The largest absolute Gasteiger partial charge is 0.395 e. The molecule has 1 fully saturated rings. The Morgan fingerprint density at radius 1 is 1.28 bits per heavy atom. The fourth-order valence-electron chi connectivity index (χ4n) is 2.76. The molecule has 1 aromatic carbocycles. The first-order valence-electron chi connectivity index (χ1n) is 6.77. The molecule has 0 bridgehead atoms. The van der Waals surface area contributed by atoms with Crippen LogP contribution in [0.25, 0.3) is 0 Å². The van der Waals surface area contributed by atoms with Gasteiger partial charge in [-0.2, -0.15) is 0 Å². The summed E-state index contributed by atoms with van der Waals surface area (Å²) in [6.45, 7) is 8.38. The Hall–Kier alpha value is -0.430. The zero-order chi connectivity index (χ0) is 13.2. The van der Waals surface area contributed by atoms with Crippen LogP contribution in [0.1, 0.15) is 33.6 Å². The lowest BCUT2D eigenvalue weighted by atomic mass is 10.2. The highest BCUT2D eigenvalue weighted by atomic mass is 31.1. The van der Waals surface area contributed by atoms with Crippen LogP contribution in [0.4, 0.5) is 0 Å². The predicted octanol–water partition coefficient (Wildman–Crippen LogP) is 2.96. The minimum absolute atomic E-state index is 0.244. The van der Waals surface area contributed by atoms with E-state index in [0.717, 1.165) is 13.0 Å².